The minimum absolute atomic E-state index is 0.222. The van der Waals surface area contributed by atoms with Gasteiger partial charge in [-0.2, -0.15) is 0 Å². The summed E-state index contributed by atoms with van der Waals surface area (Å²) in [6.07, 6.45) is 0. The average molecular weight is 215 g/mol. The van der Waals surface area contributed by atoms with E-state index < -0.39 is 0 Å². The standard InChI is InChI=1S/C9H8BrF/c1-6(2)8-5-7(10)3-4-9(8)11/h3-5H,1H2,2H3. The predicted molar refractivity (Wildman–Crippen MR) is 48.8 cm³/mol. The molecular weight excluding hydrogens is 207 g/mol. The van der Waals surface area contributed by atoms with Crippen LogP contribution in [0.5, 0.6) is 0 Å². The van der Waals surface area contributed by atoms with Crippen molar-refractivity contribution in [2.24, 2.45) is 0 Å². The van der Waals surface area contributed by atoms with E-state index in [0.717, 1.165) is 10.0 Å². The molecule has 0 aliphatic heterocycles. The van der Waals surface area contributed by atoms with Crippen LogP contribution in [0.4, 0.5) is 4.39 Å². The summed E-state index contributed by atoms with van der Waals surface area (Å²) < 4.78 is 13.8. The number of allylic oxidation sites excluding steroid dienone is 1. The molecule has 0 atom stereocenters. The zero-order chi connectivity index (χ0) is 8.43. The minimum Gasteiger partial charge on any atom is -0.206 e. The van der Waals surface area contributed by atoms with Crippen LogP contribution in [-0.2, 0) is 0 Å². The van der Waals surface area contributed by atoms with Crippen molar-refractivity contribution in [3.63, 3.8) is 0 Å². The van der Waals surface area contributed by atoms with Gasteiger partial charge in [0.2, 0.25) is 0 Å². The quantitative estimate of drug-likeness (QED) is 0.671. The maximum atomic E-state index is 12.9. The van der Waals surface area contributed by atoms with Gasteiger partial charge in [-0.15, -0.1) is 0 Å². The lowest BCUT2D eigenvalue weighted by Crippen LogP contribution is -1.84. The lowest BCUT2D eigenvalue weighted by Gasteiger charge is -2.01. The van der Waals surface area contributed by atoms with Gasteiger partial charge >= 0.3 is 0 Å². The van der Waals surface area contributed by atoms with E-state index in [2.05, 4.69) is 22.5 Å². The van der Waals surface area contributed by atoms with Crippen LogP contribution in [0.25, 0.3) is 5.57 Å². The van der Waals surface area contributed by atoms with Crippen molar-refractivity contribution in [3.05, 3.63) is 40.6 Å². The molecule has 0 bridgehead atoms. The van der Waals surface area contributed by atoms with E-state index in [1.807, 2.05) is 0 Å². The van der Waals surface area contributed by atoms with Crippen LogP contribution in [0.3, 0.4) is 0 Å². The van der Waals surface area contributed by atoms with Crippen LogP contribution in [0.15, 0.2) is 29.3 Å². The number of hydrogen-bond donors (Lipinski definition) is 0. The summed E-state index contributed by atoms with van der Waals surface area (Å²) in [4.78, 5) is 0. The van der Waals surface area contributed by atoms with E-state index in [-0.39, 0.29) is 5.82 Å². The lowest BCUT2D eigenvalue weighted by molar-refractivity contribution is 0.623. The summed E-state index contributed by atoms with van der Waals surface area (Å²) in [7, 11) is 0. The molecule has 0 N–H and O–H groups in total. The Bertz CT molecular complexity index is 292. The number of rotatable bonds is 1. The van der Waals surface area contributed by atoms with Gasteiger partial charge in [0.25, 0.3) is 0 Å². The van der Waals surface area contributed by atoms with Crippen LogP contribution >= 0.6 is 15.9 Å². The fraction of sp³-hybridized carbons (Fsp3) is 0.111. The maximum Gasteiger partial charge on any atom is 0.130 e. The van der Waals surface area contributed by atoms with Crippen molar-refractivity contribution in [3.8, 4) is 0 Å². The maximum absolute atomic E-state index is 12.9. The van der Waals surface area contributed by atoms with Crippen LogP contribution < -0.4 is 0 Å². The molecule has 0 aliphatic rings. The first kappa shape index (κ1) is 8.47. The molecule has 0 saturated heterocycles. The van der Waals surface area contributed by atoms with E-state index in [9.17, 15) is 4.39 Å². The van der Waals surface area contributed by atoms with Crippen LogP contribution in [-0.4, -0.2) is 0 Å². The van der Waals surface area contributed by atoms with E-state index in [0.29, 0.717) is 5.56 Å². The second-order valence-electron chi connectivity index (χ2n) is 2.40. The van der Waals surface area contributed by atoms with Gasteiger partial charge in [0.15, 0.2) is 0 Å². The highest BCUT2D eigenvalue weighted by molar-refractivity contribution is 9.10. The molecule has 0 heterocycles. The minimum atomic E-state index is -0.222. The lowest BCUT2D eigenvalue weighted by atomic mass is 10.1. The van der Waals surface area contributed by atoms with E-state index in [1.165, 1.54) is 6.07 Å². The second kappa shape index (κ2) is 3.18. The average Bonchev–Trinajstić information content (AvgIpc) is 1.94. The van der Waals surface area contributed by atoms with Gasteiger partial charge in [0.05, 0.1) is 0 Å². The highest BCUT2D eigenvalue weighted by atomic mass is 79.9. The Morgan fingerprint density at radius 3 is 2.64 bits per heavy atom. The Morgan fingerprint density at radius 1 is 1.55 bits per heavy atom. The Balaban J connectivity index is 3.23. The molecule has 1 rings (SSSR count). The van der Waals surface area contributed by atoms with Gasteiger partial charge in [-0.3, -0.25) is 0 Å². The molecule has 0 unspecified atom stereocenters. The summed E-state index contributed by atoms with van der Waals surface area (Å²) in [6, 6.07) is 4.81. The molecule has 0 fully saturated rings. The first-order valence-corrected chi connectivity index (χ1v) is 4.01. The smallest absolute Gasteiger partial charge is 0.130 e. The fourth-order valence-electron chi connectivity index (χ4n) is 0.825. The Morgan fingerprint density at radius 2 is 2.18 bits per heavy atom. The third-order valence-electron chi connectivity index (χ3n) is 1.39. The normalized spacial score (nSPS) is 9.73. The summed E-state index contributed by atoms with van der Waals surface area (Å²) in [6.45, 7) is 5.45. The van der Waals surface area contributed by atoms with E-state index in [1.54, 1.807) is 19.1 Å². The molecule has 2 heteroatoms. The monoisotopic (exact) mass is 214 g/mol. The Labute approximate surface area is 73.9 Å². The second-order valence-corrected chi connectivity index (χ2v) is 3.32. The van der Waals surface area contributed by atoms with Crippen molar-refractivity contribution in [1.82, 2.24) is 0 Å². The largest absolute Gasteiger partial charge is 0.206 e. The third-order valence-corrected chi connectivity index (χ3v) is 1.88. The summed E-state index contributed by atoms with van der Waals surface area (Å²) >= 11 is 3.26. The first-order chi connectivity index (χ1) is 5.11. The molecule has 1 aromatic carbocycles. The SMILES string of the molecule is C=C(C)c1cc(Br)ccc1F. The molecule has 58 valence electrons. The van der Waals surface area contributed by atoms with Gasteiger partial charge in [0.1, 0.15) is 5.82 Å². The zero-order valence-electron chi connectivity index (χ0n) is 6.20. The number of benzene rings is 1. The van der Waals surface area contributed by atoms with Crippen LogP contribution in [0, 0.1) is 5.82 Å². The zero-order valence-corrected chi connectivity index (χ0v) is 7.78. The molecule has 0 nitrogen and oxygen atoms in total. The fourth-order valence-corrected chi connectivity index (χ4v) is 1.19. The van der Waals surface area contributed by atoms with Crippen molar-refractivity contribution in [2.45, 2.75) is 6.92 Å². The highest BCUT2D eigenvalue weighted by Crippen LogP contribution is 2.20. The molecule has 0 spiro atoms. The van der Waals surface area contributed by atoms with Gasteiger partial charge < -0.3 is 0 Å². The molecular formula is C9H8BrF. The molecule has 1 aromatic rings. The number of hydrogen-bond acceptors (Lipinski definition) is 0. The third kappa shape index (κ3) is 1.90. The van der Waals surface area contributed by atoms with Crippen molar-refractivity contribution in [2.75, 3.05) is 0 Å². The predicted octanol–water partition coefficient (Wildman–Crippen LogP) is 3.62. The van der Waals surface area contributed by atoms with Crippen LogP contribution in [0.2, 0.25) is 0 Å². The summed E-state index contributed by atoms with van der Waals surface area (Å²) in [5.41, 5.74) is 1.31. The van der Waals surface area contributed by atoms with Gasteiger partial charge in [-0.05, 0) is 30.7 Å². The topological polar surface area (TPSA) is 0 Å². The summed E-state index contributed by atoms with van der Waals surface area (Å²) in [5, 5.41) is 0. The molecule has 0 amide bonds. The van der Waals surface area contributed by atoms with Crippen LogP contribution in [0.1, 0.15) is 12.5 Å². The van der Waals surface area contributed by atoms with Crippen molar-refractivity contribution >= 4 is 21.5 Å². The van der Waals surface area contributed by atoms with Gasteiger partial charge in [-0.1, -0.05) is 22.5 Å². The molecule has 0 aliphatic carbocycles. The first-order valence-electron chi connectivity index (χ1n) is 3.22. The molecule has 0 saturated carbocycles. The molecule has 0 aromatic heterocycles. The van der Waals surface area contributed by atoms with E-state index >= 15 is 0 Å². The highest BCUT2D eigenvalue weighted by Gasteiger charge is 2.01. The van der Waals surface area contributed by atoms with E-state index in [4.69, 9.17) is 0 Å². The van der Waals surface area contributed by atoms with Gasteiger partial charge in [0, 0.05) is 10.0 Å². The molecule has 0 radical (unpaired) electrons. The number of halogens is 2. The summed E-state index contributed by atoms with van der Waals surface area (Å²) in [5.74, 6) is -0.222. The van der Waals surface area contributed by atoms with Crippen molar-refractivity contribution < 1.29 is 4.39 Å². The van der Waals surface area contributed by atoms with Crippen molar-refractivity contribution in [1.29, 1.82) is 0 Å². The molecule has 11 heavy (non-hydrogen) atoms. The Kier molecular flexibility index (Phi) is 2.45. The van der Waals surface area contributed by atoms with Gasteiger partial charge in [-0.25, -0.2) is 4.39 Å². The Hall–Kier alpha value is -0.630.